The summed E-state index contributed by atoms with van der Waals surface area (Å²) in [5.41, 5.74) is 0.391. The van der Waals surface area contributed by atoms with Crippen LogP contribution in [-0.2, 0) is 4.79 Å². The summed E-state index contributed by atoms with van der Waals surface area (Å²) in [7, 11) is 0. The van der Waals surface area contributed by atoms with Gasteiger partial charge in [-0.2, -0.15) is 0 Å². The molecule has 3 rings (SSSR count). The van der Waals surface area contributed by atoms with Crippen LogP contribution < -0.4 is 10.1 Å². The number of alkyl halides is 3. The summed E-state index contributed by atoms with van der Waals surface area (Å²) >= 11 is 1.33. The molecule has 10 heteroatoms. The van der Waals surface area contributed by atoms with Crippen LogP contribution in [0.15, 0.2) is 29.4 Å². The predicted molar refractivity (Wildman–Crippen MR) is 104 cm³/mol. The van der Waals surface area contributed by atoms with Crippen LogP contribution in [0.4, 0.5) is 18.9 Å². The zero-order valence-electron chi connectivity index (χ0n) is 16.2. The number of rotatable bonds is 6. The van der Waals surface area contributed by atoms with Gasteiger partial charge in [0.2, 0.25) is 5.91 Å². The fourth-order valence-corrected chi connectivity index (χ4v) is 4.35. The number of ether oxygens (including phenoxy) is 1. The quantitative estimate of drug-likeness (QED) is 0.648. The Bertz CT molecular complexity index is 833. The number of hydrogen-bond acceptors (Lipinski definition) is 5. The summed E-state index contributed by atoms with van der Waals surface area (Å²) in [6, 6.07) is 5.40. The normalized spacial score (nSPS) is 16.4. The van der Waals surface area contributed by atoms with E-state index < -0.39 is 11.6 Å². The lowest BCUT2D eigenvalue weighted by molar-refractivity contribution is -0.274. The van der Waals surface area contributed by atoms with Gasteiger partial charge in [-0.1, -0.05) is 31.0 Å². The largest absolute Gasteiger partial charge is 0.573 e. The Hall–Kier alpha value is -2.23. The molecule has 1 heterocycles. The maximum Gasteiger partial charge on any atom is 0.573 e. The van der Waals surface area contributed by atoms with Gasteiger partial charge in [-0.05, 0) is 51.0 Å². The number of nitrogens with zero attached hydrogens (tertiary/aromatic N) is 3. The minimum absolute atomic E-state index is 0.268. The SMILES string of the molecule is Cc1nnc(SC(C)C(=O)Nc2ccc(OC(F)(F)F)cc2)n1C1CCCCC1. The smallest absolute Gasteiger partial charge is 0.406 e. The van der Waals surface area contributed by atoms with Gasteiger partial charge in [0.15, 0.2) is 5.16 Å². The van der Waals surface area contributed by atoms with Gasteiger partial charge in [0.1, 0.15) is 11.6 Å². The van der Waals surface area contributed by atoms with E-state index in [1.54, 1.807) is 6.92 Å². The lowest BCUT2D eigenvalue weighted by Crippen LogP contribution is -2.23. The van der Waals surface area contributed by atoms with Crippen molar-refractivity contribution in [2.75, 3.05) is 5.32 Å². The Balaban J connectivity index is 1.61. The first-order valence-electron chi connectivity index (χ1n) is 9.48. The van der Waals surface area contributed by atoms with Gasteiger partial charge in [-0.15, -0.1) is 23.4 Å². The van der Waals surface area contributed by atoms with E-state index in [1.807, 2.05) is 6.92 Å². The molecule has 2 aromatic rings. The van der Waals surface area contributed by atoms with Crippen molar-refractivity contribution in [2.45, 2.75) is 68.8 Å². The van der Waals surface area contributed by atoms with Crippen LogP contribution in [0.3, 0.4) is 0 Å². The molecule has 0 radical (unpaired) electrons. The number of aryl methyl sites for hydroxylation is 1. The van der Waals surface area contributed by atoms with Crippen LogP contribution >= 0.6 is 11.8 Å². The second kappa shape index (κ2) is 9.06. The monoisotopic (exact) mass is 428 g/mol. The molecule has 1 unspecified atom stereocenters. The van der Waals surface area contributed by atoms with Gasteiger partial charge in [-0.3, -0.25) is 4.79 Å². The Labute approximate surface area is 171 Å². The van der Waals surface area contributed by atoms with Crippen molar-refractivity contribution in [3.63, 3.8) is 0 Å². The molecule has 1 aromatic carbocycles. The molecular weight excluding hydrogens is 405 g/mol. The lowest BCUT2D eigenvalue weighted by Gasteiger charge is -2.25. The molecule has 1 aliphatic rings. The molecule has 0 saturated heterocycles. The fraction of sp³-hybridized carbons (Fsp3) is 0.526. The fourth-order valence-electron chi connectivity index (χ4n) is 3.39. The standard InChI is InChI=1S/C19H23F3N4O2S/c1-12(17(27)23-14-8-10-16(11-9-14)28-19(20,21)22)29-18-25-24-13(2)26(18)15-6-4-3-5-7-15/h8-12,15H,3-7H2,1-2H3,(H,23,27). The zero-order chi connectivity index (χ0) is 21.0. The van der Waals surface area contributed by atoms with Crippen molar-refractivity contribution in [3.8, 4) is 5.75 Å². The van der Waals surface area contributed by atoms with E-state index in [9.17, 15) is 18.0 Å². The summed E-state index contributed by atoms with van der Waals surface area (Å²) < 4.78 is 42.6. The number of thioether (sulfide) groups is 1. The third-order valence-corrected chi connectivity index (χ3v) is 5.84. The van der Waals surface area contributed by atoms with E-state index in [4.69, 9.17) is 0 Å². The predicted octanol–water partition coefficient (Wildman–Crippen LogP) is 5.11. The van der Waals surface area contributed by atoms with Gasteiger partial charge < -0.3 is 14.6 Å². The maximum atomic E-state index is 12.5. The van der Waals surface area contributed by atoms with Gasteiger partial charge in [-0.25, -0.2) is 0 Å². The molecule has 1 fully saturated rings. The van der Waals surface area contributed by atoms with Gasteiger partial charge in [0.05, 0.1) is 5.25 Å². The van der Waals surface area contributed by atoms with Crippen LogP contribution in [0.5, 0.6) is 5.75 Å². The van der Waals surface area contributed by atoms with Crippen molar-refractivity contribution >= 4 is 23.4 Å². The molecule has 29 heavy (non-hydrogen) atoms. The van der Waals surface area contributed by atoms with E-state index in [-0.39, 0.29) is 11.7 Å². The lowest BCUT2D eigenvalue weighted by atomic mass is 9.95. The molecule has 0 aliphatic heterocycles. The number of carbonyl (C=O) groups is 1. The minimum Gasteiger partial charge on any atom is -0.406 e. The van der Waals surface area contributed by atoms with Gasteiger partial charge in [0, 0.05) is 11.7 Å². The molecule has 6 nitrogen and oxygen atoms in total. The van der Waals surface area contributed by atoms with E-state index >= 15 is 0 Å². The van der Waals surface area contributed by atoms with Crippen molar-refractivity contribution in [3.05, 3.63) is 30.1 Å². The van der Waals surface area contributed by atoms with Crippen molar-refractivity contribution in [1.82, 2.24) is 14.8 Å². The summed E-state index contributed by atoms with van der Waals surface area (Å²) in [4.78, 5) is 12.5. The number of amides is 1. The molecular formula is C19H23F3N4O2S. The second-order valence-electron chi connectivity index (χ2n) is 7.01. The zero-order valence-corrected chi connectivity index (χ0v) is 17.0. The topological polar surface area (TPSA) is 69.0 Å². The number of carbonyl (C=O) groups excluding carboxylic acids is 1. The minimum atomic E-state index is -4.75. The first-order valence-corrected chi connectivity index (χ1v) is 10.4. The van der Waals surface area contributed by atoms with Crippen LogP contribution in [0.25, 0.3) is 0 Å². The van der Waals surface area contributed by atoms with Crippen molar-refractivity contribution in [2.24, 2.45) is 0 Å². The molecule has 1 saturated carbocycles. The number of anilines is 1. The van der Waals surface area contributed by atoms with Crippen molar-refractivity contribution < 1.29 is 22.7 Å². The Morgan fingerprint density at radius 3 is 2.48 bits per heavy atom. The highest BCUT2D eigenvalue weighted by molar-refractivity contribution is 8.00. The molecule has 158 valence electrons. The third-order valence-electron chi connectivity index (χ3n) is 4.78. The van der Waals surface area contributed by atoms with Gasteiger partial charge in [0.25, 0.3) is 0 Å². The summed E-state index contributed by atoms with van der Waals surface area (Å²) in [6.07, 6.45) is 1.01. The van der Waals surface area contributed by atoms with Crippen LogP contribution in [-0.4, -0.2) is 32.3 Å². The highest BCUT2D eigenvalue weighted by Gasteiger charge is 2.31. The first kappa shape index (κ1) is 21.5. The van der Waals surface area contributed by atoms with Gasteiger partial charge >= 0.3 is 6.36 Å². The Morgan fingerprint density at radius 1 is 1.21 bits per heavy atom. The molecule has 1 aliphatic carbocycles. The Morgan fingerprint density at radius 2 is 1.86 bits per heavy atom. The molecule has 1 atom stereocenters. The van der Waals surface area contributed by atoms with E-state index in [1.165, 1.54) is 43.2 Å². The summed E-state index contributed by atoms with van der Waals surface area (Å²) in [5, 5.41) is 11.4. The van der Waals surface area contributed by atoms with Crippen LogP contribution in [0.2, 0.25) is 0 Å². The average molecular weight is 428 g/mol. The average Bonchev–Trinajstić information content (AvgIpc) is 3.03. The second-order valence-corrected chi connectivity index (χ2v) is 8.32. The molecule has 1 amide bonds. The van der Waals surface area contributed by atoms with E-state index in [0.29, 0.717) is 16.9 Å². The molecule has 1 aromatic heterocycles. The Kier molecular flexibility index (Phi) is 6.71. The summed E-state index contributed by atoms with van der Waals surface area (Å²) in [6.45, 7) is 3.68. The first-order chi connectivity index (χ1) is 13.7. The summed E-state index contributed by atoms with van der Waals surface area (Å²) in [5.74, 6) is 0.233. The number of hydrogen-bond donors (Lipinski definition) is 1. The maximum absolute atomic E-state index is 12.5. The van der Waals surface area contributed by atoms with Crippen LogP contribution in [0, 0.1) is 6.92 Å². The molecule has 0 spiro atoms. The molecule has 1 N–H and O–H groups in total. The molecule has 0 bridgehead atoms. The van der Waals surface area contributed by atoms with Crippen molar-refractivity contribution in [1.29, 1.82) is 0 Å². The number of aromatic nitrogens is 3. The number of benzene rings is 1. The van der Waals surface area contributed by atoms with E-state index in [0.717, 1.165) is 30.8 Å². The number of nitrogens with one attached hydrogen (secondary N) is 1. The highest BCUT2D eigenvalue weighted by Crippen LogP contribution is 2.34. The van der Waals surface area contributed by atoms with Crippen LogP contribution in [0.1, 0.15) is 50.9 Å². The third kappa shape index (κ3) is 5.88. The van der Waals surface area contributed by atoms with E-state index in [2.05, 4.69) is 24.8 Å². The highest BCUT2D eigenvalue weighted by atomic mass is 32.2. The number of halogens is 3.